The Labute approximate surface area is 123 Å². The summed E-state index contributed by atoms with van der Waals surface area (Å²) in [4.78, 5) is 4.85. The molecule has 0 spiro atoms. The zero-order chi connectivity index (χ0) is 13.7. The molecule has 2 atom stereocenters. The highest BCUT2D eigenvalue weighted by molar-refractivity contribution is 6.31. The van der Waals surface area contributed by atoms with E-state index >= 15 is 0 Å². The number of ether oxygens (including phenoxy) is 1. The van der Waals surface area contributed by atoms with Crippen LogP contribution in [0, 0.1) is 0 Å². The number of hydrogen-bond donors (Lipinski definition) is 1. The fraction of sp³-hybridized carbons (Fsp3) is 0.533. The van der Waals surface area contributed by atoms with Gasteiger partial charge in [-0.05, 0) is 37.5 Å². The third kappa shape index (κ3) is 2.03. The van der Waals surface area contributed by atoms with Crippen LogP contribution >= 0.6 is 11.6 Å². The molecule has 0 bridgehead atoms. The molecular weight excluding hydrogens is 274 g/mol. The summed E-state index contributed by atoms with van der Waals surface area (Å²) in [6.07, 6.45) is 3.76. The van der Waals surface area contributed by atoms with E-state index in [2.05, 4.69) is 9.88 Å². The fourth-order valence-electron chi connectivity index (χ4n) is 3.13. The molecule has 1 aromatic heterocycles. The van der Waals surface area contributed by atoms with Gasteiger partial charge in [-0.1, -0.05) is 11.6 Å². The van der Waals surface area contributed by atoms with Gasteiger partial charge >= 0.3 is 0 Å². The van der Waals surface area contributed by atoms with Crippen LogP contribution in [0.25, 0.3) is 11.0 Å². The Balaban J connectivity index is 1.80. The van der Waals surface area contributed by atoms with Crippen LogP contribution in [-0.4, -0.2) is 29.3 Å². The first-order valence-corrected chi connectivity index (χ1v) is 7.57. The van der Waals surface area contributed by atoms with Crippen LogP contribution in [0.3, 0.4) is 0 Å². The van der Waals surface area contributed by atoms with Gasteiger partial charge in [0, 0.05) is 24.7 Å². The molecule has 1 N–H and O–H groups in total. The summed E-state index contributed by atoms with van der Waals surface area (Å²) in [6.45, 7) is 0.899. The second-order valence-corrected chi connectivity index (χ2v) is 6.19. The van der Waals surface area contributed by atoms with Crippen molar-refractivity contribution in [3.05, 3.63) is 29.0 Å². The molecule has 2 unspecified atom stereocenters. The molecule has 2 aromatic rings. The zero-order valence-electron chi connectivity index (χ0n) is 11.5. The van der Waals surface area contributed by atoms with Crippen LogP contribution in [0.15, 0.2) is 18.2 Å². The predicted octanol–water partition coefficient (Wildman–Crippen LogP) is 3.07. The maximum absolute atomic E-state index is 6.15. The van der Waals surface area contributed by atoms with E-state index in [1.54, 1.807) is 7.11 Å². The molecule has 0 amide bonds. The van der Waals surface area contributed by atoms with Crippen LogP contribution in [0.5, 0.6) is 0 Å². The Morgan fingerprint density at radius 1 is 1.40 bits per heavy atom. The van der Waals surface area contributed by atoms with Gasteiger partial charge in [0.2, 0.25) is 0 Å². The van der Waals surface area contributed by atoms with Gasteiger partial charge in [0.25, 0.3) is 0 Å². The summed E-state index contributed by atoms with van der Waals surface area (Å²) < 4.78 is 7.84. The molecule has 2 heterocycles. The summed E-state index contributed by atoms with van der Waals surface area (Å²) in [7, 11) is 1.78. The van der Waals surface area contributed by atoms with Crippen LogP contribution in [0.1, 0.15) is 37.2 Å². The second kappa shape index (κ2) is 4.72. The van der Waals surface area contributed by atoms with E-state index in [1.165, 1.54) is 12.8 Å². The molecule has 1 aromatic carbocycles. The van der Waals surface area contributed by atoms with E-state index in [0.29, 0.717) is 6.04 Å². The predicted molar refractivity (Wildman–Crippen MR) is 79.2 cm³/mol. The summed E-state index contributed by atoms with van der Waals surface area (Å²) >= 11 is 6.15. The van der Waals surface area contributed by atoms with Crippen molar-refractivity contribution in [2.24, 2.45) is 0 Å². The normalized spacial score (nSPS) is 26.5. The van der Waals surface area contributed by atoms with E-state index in [-0.39, 0.29) is 12.1 Å². The lowest BCUT2D eigenvalue weighted by atomic mass is 10.2. The largest absolute Gasteiger partial charge is 0.380 e. The average molecular weight is 292 g/mol. The lowest BCUT2D eigenvalue weighted by Gasteiger charge is -2.13. The van der Waals surface area contributed by atoms with E-state index in [0.717, 1.165) is 34.8 Å². The number of imidazole rings is 1. The zero-order valence-corrected chi connectivity index (χ0v) is 12.2. The summed E-state index contributed by atoms with van der Waals surface area (Å²) in [6, 6.07) is 6.85. The van der Waals surface area contributed by atoms with Crippen LogP contribution in [-0.2, 0) is 4.74 Å². The van der Waals surface area contributed by atoms with Gasteiger partial charge in [0.05, 0.1) is 23.2 Å². The molecule has 5 heteroatoms. The maximum Gasteiger partial charge on any atom is 0.127 e. The Hall–Kier alpha value is -1.10. The van der Waals surface area contributed by atoms with Crippen molar-refractivity contribution in [3.63, 3.8) is 0 Å². The highest BCUT2D eigenvalue weighted by atomic mass is 35.5. The first-order chi connectivity index (χ1) is 9.76. The van der Waals surface area contributed by atoms with Gasteiger partial charge in [-0.15, -0.1) is 0 Å². The minimum Gasteiger partial charge on any atom is -0.380 e. The highest BCUT2D eigenvalue weighted by Gasteiger charge is 2.34. The van der Waals surface area contributed by atoms with Crippen molar-refractivity contribution >= 4 is 22.6 Å². The summed E-state index contributed by atoms with van der Waals surface area (Å²) in [5.41, 5.74) is 2.21. The smallest absolute Gasteiger partial charge is 0.127 e. The van der Waals surface area contributed by atoms with Gasteiger partial charge < -0.3 is 14.6 Å². The van der Waals surface area contributed by atoms with Crippen molar-refractivity contribution < 1.29 is 4.74 Å². The maximum atomic E-state index is 6.15. The number of fused-ring (bicyclic) bond motifs is 1. The van der Waals surface area contributed by atoms with E-state index < -0.39 is 0 Å². The number of nitrogens with zero attached hydrogens (tertiary/aromatic N) is 2. The standard InChI is InChI=1S/C15H18ClN3O/c1-20-11-7-13(17-8-11)15-18-12-5-2-9(16)6-14(12)19(15)10-3-4-10/h2,5-6,10-11,13,17H,3-4,7-8H2,1H3. The van der Waals surface area contributed by atoms with Crippen LogP contribution < -0.4 is 5.32 Å². The fourth-order valence-corrected chi connectivity index (χ4v) is 3.29. The SMILES string of the molecule is COC1CNC(c2nc3ccc(Cl)cc3n2C2CC2)C1. The topological polar surface area (TPSA) is 39.1 Å². The Kier molecular flexibility index (Phi) is 2.98. The van der Waals surface area contributed by atoms with Crippen molar-refractivity contribution in [3.8, 4) is 0 Å². The minimum atomic E-state index is 0.284. The molecule has 4 nitrogen and oxygen atoms in total. The quantitative estimate of drug-likeness (QED) is 0.944. The lowest BCUT2D eigenvalue weighted by Crippen LogP contribution is -2.18. The van der Waals surface area contributed by atoms with Crippen LogP contribution in [0.4, 0.5) is 0 Å². The van der Waals surface area contributed by atoms with E-state index in [4.69, 9.17) is 21.3 Å². The van der Waals surface area contributed by atoms with E-state index in [9.17, 15) is 0 Å². The summed E-state index contributed by atoms with van der Waals surface area (Å²) in [5.74, 6) is 1.14. The van der Waals surface area contributed by atoms with Gasteiger partial charge in [-0.25, -0.2) is 4.98 Å². The molecule has 1 aliphatic heterocycles. The molecule has 1 saturated heterocycles. The Morgan fingerprint density at radius 2 is 2.25 bits per heavy atom. The molecule has 20 heavy (non-hydrogen) atoms. The van der Waals surface area contributed by atoms with Gasteiger partial charge in [0.15, 0.2) is 0 Å². The highest BCUT2D eigenvalue weighted by Crippen LogP contribution is 2.41. The minimum absolute atomic E-state index is 0.284. The summed E-state index contributed by atoms with van der Waals surface area (Å²) in [5, 5.41) is 4.31. The number of benzene rings is 1. The molecule has 1 saturated carbocycles. The number of aromatic nitrogens is 2. The number of hydrogen-bond acceptors (Lipinski definition) is 3. The van der Waals surface area contributed by atoms with Gasteiger partial charge in [-0.3, -0.25) is 0 Å². The van der Waals surface area contributed by atoms with Gasteiger partial charge in [0.1, 0.15) is 5.82 Å². The van der Waals surface area contributed by atoms with Crippen molar-refractivity contribution in [1.29, 1.82) is 0 Å². The van der Waals surface area contributed by atoms with Crippen LogP contribution in [0.2, 0.25) is 5.02 Å². The molecule has 106 valence electrons. The van der Waals surface area contributed by atoms with Crippen molar-refractivity contribution in [2.45, 2.75) is 37.5 Å². The first-order valence-electron chi connectivity index (χ1n) is 7.20. The monoisotopic (exact) mass is 291 g/mol. The average Bonchev–Trinajstić information content (AvgIpc) is 3.04. The van der Waals surface area contributed by atoms with Gasteiger partial charge in [-0.2, -0.15) is 0 Å². The molecule has 0 radical (unpaired) electrons. The lowest BCUT2D eigenvalue weighted by molar-refractivity contribution is 0.117. The Bertz CT molecular complexity index is 650. The third-order valence-electron chi connectivity index (χ3n) is 4.33. The second-order valence-electron chi connectivity index (χ2n) is 5.76. The number of nitrogens with one attached hydrogen (secondary N) is 1. The third-order valence-corrected chi connectivity index (χ3v) is 4.56. The van der Waals surface area contributed by atoms with Crippen molar-refractivity contribution in [1.82, 2.24) is 14.9 Å². The number of rotatable bonds is 3. The molecule has 4 rings (SSSR count). The Morgan fingerprint density at radius 3 is 2.95 bits per heavy atom. The number of methoxy groups -OCH3 is 1. The molecular formula is C15H18ClN3O. The molecule has 1 aliphatic carbocycles. The molecule has 2 aliphatic rings. The van der Waals surface area contributed by atoms with Crippen molar-refractivity contribution in [2.75, 3.05) is 13.7 Å². The number of halogens is 1. The van der Waals surface area contributed by atoms with E-state index in [1.807, 2.05) is 18.2 Å². The first kappa shape index (κ1) is 12.6. The molecule has 2 fully saturated rings.